The zero-order chi connectivity index (χ0) is 19.0. The van der Waals surface area contributed by atoms with E-state index in [0.29, 0.717) is 32.0 Å². The second kappa shape index (κ2) is 6.91. The van der Waals surface area contributed by atoms with Crippen LogP contribution < -0.4 is 0 Å². The van der Waals surface area contributed by atoms with Crippen molar-refractivity contribution < 1.29 is 17.9 Å². The lowest BCUT2D eigenvalue weighted by Crippen LogP contribution is -2.43. The van der Waals surface area contributed by atoms with Crippen molar-refractivity contribution in [3.05, 3.63) is 41.6 Å². The van der Waals surface area contributed by atoms with Gasteiger partial charge in [-0.25, -0.2) is 23.2 Å². The summed E-state index contributed by atoms with van der Waals surface area (Å²) < 4.78 is 33.0. The van der Waals surface area contributed by atoms with E-state index < -0.39 is 26.8 Å². The van der Waals surface area contributed by atoms with Crippen molar-refractivity contribution in [1.29, 1.82) is 0 Å². The molecule has 0 radical (unpaired) electrons. The second-order valence-corrected chi connectivity index (χ2v) is 8.13. The predicted octanol–water partition coefficient (Wildman–Crippen LogP) is 0.853. The Labute approximate surface area is 159 Å². The highest BCUT2D eigenvalue weighted by Crippen LogP contribution is 2.22. The molecule has 27 heavy (non-hydrogen) atoms. The maximum absolute atomic E-state index is 12.7. The van der Waals surface area contributed by atoms with Gasteiger partial charge in [0.25, 0.3) is 5.16 Å². The van der Waals surface area contributed by atoms with Crippen molar-refractivity contribution in [3.8, 4) is 0 Å². The molecule has 1 aliphatic heterocycles. The number of hydrogen-bond donors (Lipinski definition) is 0. The zero-order valence-electron chi connectivity index (χ0n) is 14.0. The number of fused-ring (bicyclic) bond motifs is 1. The first kappa shape index (κ1) is 17.9. The lowest BCUT2D eigenvalue weighted by atomic mass is 10.4. The summed E-state index contributed by atoms with van der Waals surface area (Å²) in [6.07, 6.45) is 2.78. The van der Waals surface area contributed by atoms with E-state index in [4.69, 9.17) is 16.3 Å². The van der Waals surface area contributed by atoms with Crippen LogP contribution >= 0.6 is 11.6 Å². The van der Waals surface area contributed by atoms with Crippen molar-refractivity contribution in [3.63, 3.8) is 0 Å². The minimum atomic E-state index is -3.93. The topological polar surface area (TPSA) is 112 Å². The van der Waals surface area contributed by atoms with E-state index in [-0.39, 0.29) is 10.8 Å². The smallest absolute Gasteiger partial charge is 0.346 e. The quantitative estimate of drug-likeness (QED) is 0.629. The molecule has 1 amide bonds. The number of imidazole rings is 1. The van der Waals surface area contributed by atoms with Crippen LogP contribution in [0.1, 0.15) is 5.69 Å². The summed E-state index contributed by atoms with van der Waals surface area (Å²) in [4.78, 5) is 21.9. The highest BCUT2D eigenvalue weighted by molar-refractivity contribution is 7.90. The van der Waals surface area contributed by atoms with Crippen LogP contribution in [0.5, 0.6) is 0 Å². The van der Waals surface area contributed by atoms with Gasteiger partial charge in [-0.15, -0.1) is 5.10 Å². The molecule has 142 valence electrons. The number of rotatable bonds is 3. The van der Waals surface area contributed by atoms with Crippen molar-refractivity contribution in [2.24, 2.45) is 0 Å². The number of carbonyl (C=O) groups is 1. The molecule has 0 unspecified atom stereocenters. The summed E-state index contributed by atoms with van der Waals surface area (Å²) in [6, 6.07) is 4.81. The summed E-state index contributed by atoms with van der Waals surface area (Å²) >= 11 is 6.23. The molecular formula is C15H15ClN6O4S. The summed E-state index contributed by atoms with van der Waals surface area (Å²) in [5, 5.41) is 3.60. The molecule has 4 heterocycles. The Hall–Kier alpha value is -2.50. The molecule has 1 fully saturated rings. The van der Waals surface area contributed by atoms with Crippen LogP contribution in [0.15, 0.2) is 35.9 Å². The molecule has 3 aromatic rings. The Balaban J connectivity index is 1.58. The predicted molar refractivity (Wildman–Crippen MR) is 94.3 cm³/mol. The van der Waals surface area contributed by atoms with E-state index in [9.17, 15) is 13.2 Å². The monoisotopic (exact) mass is 410 g/mol. The van der Waals surface area contributed by atoms with Crippen molar-refractivity contribution in [2.45, 2.75) is 10.9 Å². The number of ether oxygens (including phenoxy) is 1. The van der Waals surface area contributed by atoms with E-state index in [1.807, 2.05) is 0 Å². The SMILES string of the molecule is O=C(N1CCOCC1)n1cnc(S(=O)(=O)Cc2nc3ccccn3c2Cl)n1. The van der Waals surface area contributed by atoms with E-state index >= 15 is 0 Å². The molecule has 0 bridgehead atoms. The molecule has 0 spiro atoms. The first-order valence-corrected chi connectivity index (χ1v) is 10.1. The van der Waals surface area contributed by atoms with Crippen molar-refractivity contribution in [1.82, 2.24) is 29.0 Å². The molecule has 0 N–H and O–H groups in total. The largest absolute Gasteiger partial charge is 0.378 e. The third kappa shape index (κ3) is 3.40. The number of sulfone groups is 1. The molecule has 0 saturated carbocycles. The summed E-state index contributed by atoms with van der Waals surface area (Å²) in [5.41, 5.74) is 0.729. The summed E-state index contributed by atoms with van der Waals surface area (Å²) in [6.45, 7) is 1.69. The summed E-state index contributed by atoms with van der Waals surface area (Å²) in [7, 11) is -3.93. The Bertz CT molecular complexity index is 1100. The maximum Gasteiger partial charge on any atom is 0.346 e. The van der Waals surface area contributed by atoms with E-state index in [1.54, 1.807) is 28.8 Å². The molecule has 1 saturated heterocycles. The lowest BCUT2D eigenvalue weighted by molar-refractivity contribution is 0.0528. The molecule has 1 aliphatic rings. The van der Waals surface area contributed by atoms with Crippen LogP contribution in [-0.4, -0.2) is 69.8 Å². The van der Waals surface area contributed by atoms with E-state index in [0.717, 1.165) is 11.0 Å². The fourth-order valence-electron chi connectivity index (χ4n) is 2.73. The van der Waals surface area contributed by atoms with Crippen LogP contribution in [-0.2, 0) is 20.3 Å². The summed E-state index contributed by atoms with van der Waals surface area (Å²) in [5.74, 6) is -0.469. The number of carbonyl (C=O) groups excluding carboxylic acids is 1. The Morgan fingerprint density at radius 2 is 2.04 bits per heavy atom. The lowest BCUT2D eigenvalue weighted by Gasteiger charge is -2.25. The molecular weight excluding hydrogens is 396 g/mol. The van der Waals surface area contributed by atoms with Crippen molar-refractivity contribution >= 4 is 33.1 Å². The van der Waals surface area contributed by atoms with Gasteiger partial charge in [-0.1, -0.05) is 17.7 Å². The van der Waals surface area contributed by atoms with Crippen LogP contribution in [0.4, 0.5) is 4.79 Å². The number of halogens is 1. The van der Waals surface area contributed by atoms with Gasteiger partial charge in [0, 0.05) is 19.3 Å². The minimum absolute atomic E-state index is 0.193. The van der Waals surface area contributed by atoms with Crippen LogP contribution in [0.3, 0.4) is 0 Å². The average molecular weight is 411 g/mol. The molecule has 3 aromatic heterocycles. The highest BCUT2D eigenvalue weighted by atomic mass is 35.5. The number of amides is 1. The third-order valence-corrected chi connectivity index (χ3v) is 5.89. The van der Waals surface area contributed by atoms with Gasteiger partial charge in [0.05, 0.1) is 18.9 Å². The second-order valence-electron chi connectivity index (χ2n) is 5.89. The van der Waals surface area contributed by atoms with Crippen LogP contribution in [0, 0.1) is 0 Å². The highest BCUT2D eigenvalue weighted by Gasteiger charge is 2.27. The number of aromatic nitrogens is 5. The van der Waals surface area contributed by atoms with Gasteiger partial charge in [-0.3, -0.25) is 4.40 Å². The number of pyridine rings is 1. The first-order chi connectivity index (χ1) is 13.0. The third-order valence-electron chi connectivity index (χ3n) is 4.09. The number of hydrogen-bond acceptors (Lipinski definition) is 7. The Morgan fingerprint density at radius 1 is 1.26 bits per heavy atom. The molecule has 0 aliphatic carbocycles. The standard InChI is InChI=1S/C15H15ClN6O4S/c16-13-11(18-12-3-1-2-4-21(12)13)9-27(24,25)14-17-10-22(19-14)15(23)20-5-7-26-8-6-20/h1-4,10H,5-9H2. The average Bonchev–Trinajstić information content (AvgIpc) is 3.28. The van der Waals surface area contributed by atoms with Gasteiger partial charge in [0.15, 0.2) is 0 Å². The van der Waals surface area contributed by atoms with Crippen LogP contribution in [0.25, 0.3) is 5.65 Å². The molecule has 12 heteroatoms. The normalized spacial score (nSPS) is 15.4. The van der Waals surface area contributed by atoms with E-state index in [1.165, 1.54) is 4.90 Å². The fourth-order valence-corrected chi connectivity index (χ4v) is 4.17. The van der Waals surface area contributed by atoms with Crippen molar-refractivity contribution in [2.75, 3.05) is 26.3 Å². The van der Waals surface area contributed by atoms with Gasteiger partial charge >= 0.3 is 6.03 Å². The zero-order valence-corrected chi connectivity index (χ0v) is 15.6. The maximum atomic E-state index is 12.7. The van der Waals surface area contributed by atoms with Gasteiger partial charge in [-0.2, -0.15) is 4.68 Å². The fraction of sp³-hybridized carbons (Fsp3) is 0.333. The van der Waals surface area contributed by atoms with Gasteiger partial charge < -0.3 is 9.64 Å². The van der Waals surface area contributed by atoms with Crippen LogP contribution in [0.2, 0.25) is 5.15 Å². The van der Waals surface area contributed by atoms with E-state index in [2.05, 4.69) is 15.1 Å². The molecule has 0 atom stereocenters. The minimum Gasteiger partial charge on any atom is -0.378 e. The first-order valence-electron chi connectivity index (χ1n) is 8.08. The molecule has 4 rings (SSSR count). The molecule has 10 nitrogen and oxygen atoms in total. The van der Waals surface area contributed by atoms with Gasteiger partial charge in [-0.05, 0) is 12.1 Å². The number of morpholine rings is 1. The van der Waals surface area contributed by atoms with Gasteiger partial charge in [0.2, 0.25) is 9.84 Å². The van der Waals surface area contributed by atoms with Gasteiger partial charge in [0.1, 0.15) is 22.9 Å². The Kier molecular flexibility index (Phi) is 4.58. The number of nitrogens with zero attached hydrogens (tertiary/aromatic N) is 6. The Morgan fingerprint density at radius 3 is 2.78 bits per heavy atom. The molecule has 0 aromatic carbocycles.